The fourth-order valence-electron chi connectivity index (χ4n) is 2.41. The van der Waals surface area contributed by atoms with Crippen LogP contribution in [0, 0.1) is 5.92 Å². The quantitative estimate of drug-likeness (QED) is 0.877. The number of rotatable bonds is 6. The molecule has 0 saturated carbocycles. The Hall–Kier alpha value is -1.69. The SMILES string of the molecule is O=C(CCC1CCC[N]C1)Nc1ccccc1OC(F)F. The van der Waals surface area contributed by atoms with E-state index in [0.717, 1.165) is 32.4 Å². The zero-order chi connectivity index (χ0) is 15.1. The van der Waals surface area contributed by atoms with Crippen molar-refractivity contribution in [3.05, 3.63) is 24.3 Å². The van der Waals surface area contributed by atoms with Crippen LogP contribution in [0.2, 0.25) is 0 Å². The van der Waals surface area contributed by atoms with Gasteiger partial charge in [-0.05, 0) is 37.3 Å². The van der Waals surface area contributed by atoms with Gasteiger partial charge in [-0.3, -0.25) is 4.79 Å². The molecule has 6 heteroatoms. The number of piperidine rings is 1. The Morgan fingerprint density at radius 2 is 2.24 bits per heavy atom. The molecule has 0 bridgehead atoms. The summed E-state index contributed by atoms with van der Waals surface area (Å²) in [4.78, 5) is 11.9. The van der Waals surface area contributed by atoms with Crippen molar-refractivity contribution >= 4 is 11.6 Å². The van der Waals surface area contributed by atoms with Crippen molar-refractivity contribution in [2.75, 3.05) is 18.4 Å². The third-order valence-electron chi connectivity index (χ3n) is 3.47. The number of halogens is 2. The number of amides is 1. The van der Waals surface area contributed by atoms with Gasteiger partial charge in [0.25, 0.3) is 0 Å². The molecular weight excluding hydrogens is 278 g/mol. The number of hydrogen-bond acceptors (Lipinski definition) is 2. The molecule has 1 N–H and O–H groups in total. The number of ether oxygens (including phenoxy) is 1. The Morgan fingerprint density at radius 3 is 2.95 bits per heavy atom. The number of alkyl halides is 2. The first kappa shape index (κ1) is 15.7. The molecule has 1 aromatic carbocycles. The summed E-state index contributed by atoms with van der Waals surface area (Å²) >= 11 is 0. The Bertz CT molecular complexity index is 463. The molecule has 1 unspecified atom stereocenters. The predicted molar refractivity (Wildman–Crippen MR) is 75.5 cm³/mol. The van der Waals surface area contributed by atoms with Crippen molar-refractivity contribution in [2.24, 2.45) is 5.92 Å². The molecule has 2 rings (SSSR count). The molecule has 21 heavy (non-hydrogen) atoms. The van der Waals surface area contributed by atoms with Crippen LogP contribution in [-0.2, 0) is 4.79 Å². The van der Waals surface area contributed by atoms with Crippen LogP contribution in [0.25, 0.3) is 0 Å². The standard InChI is InChI=1S/C15H19F2N2O2/c16-15(17)21-13-6-2-1-5-12(13)19-14(20)8-7-11-4-3-9-18-10-11/h1-2,5-6,11,15H,3-4,7-10H2,(H,19,20). The molecule has 115 valence electrons. The van der Waals surface area contributed by atoms with E-state index in [0.29, 0.717) is 12.3 Å². The summed E-state index contributed by atoms with van der Waals surface area (Å²) in [5.74, 6) is 0.247. The molecule has 1 aromatic rings. The second-order valence-electron chi connectivity index (χ2n) is 5.10. The number of nitrogens with one attached hydrogen (secondary N) is 1. The third-order valence-corrected chi connectivity index (χ3v) is 3.47. The van der Waals surface area contributed by atoms with E-state index in [1.165, 1.54) is 6.07 Å². The topological polar surface area (TPSA) is 52.4 Å². The van der Waals surface area contributed by atoms with E-state index in [1.807, 2.05) is 0 Å². The Kier molecular flexibility index (Phi) is 5.92. The molecule has 1 atom stereocenters. The summed E-state index contributed by atoms with van der Waals surface area (Å²) in [5, 5.41) is 6.96. The number of anilines is 1. The molecule has 1 aliphatic rings. The maximum atomic E-state index is 12.3. The van der Waals surface area contributed by atoms with Gasteiger partial charge >= 0.3 is 6.61 Å². The number of benzene rings is 1. The van der Waals surface area contributed by atoms with Crippen LogP contribution in [0.15, 0.2) is 24.3 Å². The normalized spacial score (nSPS) is 18.5. The number of carbonyl (C=O) groups excluding carboxylic acids is 1. The van der Waals surface area contributed by atoms with Crippen molar-refractivity contribution in [3.63, 3.8) is 0 Å². The third kappa shape index (κ3) is 5.30. The van der Waals surface area contributed by atoms with E-state index in [-0.39, 0.29) is 17.3 Å². The van der Waals surface area contributed by atoms with Gasteiger partial charge in [-0.2, -0.15) is 8.78 Å². The van der Waals surface area contributed by atoms with Crippen LogP contribution in [0.1, 0.15) is 25.7 Å². The Labute approximate surface area is 122 Å². The lowest BCUT2D eigenvalue weighted by Gasteiger charge is -2.21. The largest absolute Gasteiger partial charge is 0.433 e. The van der Waals surface area contributed by atoms with Gasteiger partial charge in [0.15, 0.2) is 0 Å². The number of nitrogens with zero attached hydrogens (tertiary/aromatic N) is 1. The first-order chi connectivity index (χ1) is 10.1. The highest BCUT2D eigenvalue weighted by atomic mass is 19.3. The zero-order valence-electron chi connectivity index (χ0n) is 11.7. The molecule has 0 spiro atoms. The van der Waals surface area contributed by atoms with Gasteiger partial charge in [0.2, 0.25) is 5.91 Å². The van der Waals surface area contributed by atoms with Crippen LogP contribution in [0.5, 0.6) is 5.75 Å². The first-order valence-corrected chi connectivity index (χ1v) is 7.12. The summed E-state index contributed by atoms with van der Waals surface area (Å²) in [6.07, 6.45) is 3.32. The summed E-state index contributed by atoms with van der Waals surface area (Å²) in [7, 11) is 0. The van der Waals surface area contributed by atoms with E-state index >= 15 is 0 Å². The smallest absolute Gasteiger partial charge is 0.387 e. The monoisotopic (exact) mass is 297 g/mol. The van der Waals surface area contributed by atoms with Crippen LogP contribution in [-0.4, -0.2) is 25.6 Å². The molecular formula is C15H19F2N2O2. The molecule has 1 heterocycles. The second-order valence-corrected chi connectivity index (χ2v) is 5.10. The van der Waals surface area contributed by atoms with Gasteiger partial charge < -0.3 is 10.1 Å². The van der Waals surface area contributed by atoms with Crippen molar-refractivity contribution in [1.82, 2.24) is 5.32 Å². The van der Waals surface area contributed by atoms with Crippen LogP contribution in [0.3, 0.4) is 0 Å². The second kappa shape index (κ2) is 7.93. The van der Waals surface area contributed by atoms with Crippen molar-refractivity contribution < 1.29 is 18.3 Å². The van der Waals surface area contributed by atoms with Gasteiger partial charge in [-0.25, -0.2) is 5.32 Å². The number of hydrogen-bond donors (Lipinski definition) is 1. The van der Waals surface area contributed by atoms with Crippen LogP contribution in [0.4, 0.5) is 14.5 Å². The van der Waals surface area contributed by atoms with E-state index in [1.54, 1.807) is 18.2 Å². The van der Waals surface area contributed by atoms with E-state index < -0.39 is 6.61 Å². The Balaban J connectivity index is 1.84. The van der Waals surface area contributed by atoms with Gasteiger partial charge in [0, 0.05) is 19.5 Å². The molecule has 1 aliphatic heterocycles. The van der Waals surface area contributed by atoms with E-state index in [4.69, 9.17) is 0 Å². The van der Waals surface area contributed by atoms with Gasteiger partial charge in [0.1, 0.15) is 5.75 Å². The van der Waals surface area contributed by atoms with Gasteiger partial charge in [0.05, 0.1) is 5.69 Å². The van der Waals surface area contributed by atoms with E-state index in [9.17, 15) is 13.6 Å². The lowest BCUT2D eigenvalue weighted by Crippen LogP contribution is -2.25. The lowest BCUT2D eigenvalue weighted by molar-refractivity contribution is -0.116. The summed E-state index contributed by atoms with van der Waals surface area (Å²) in [6.45, 7) is -1.17. The van der Waals surface area contributed by atoms with Gasteiger partial charge in [-0.15, -0.1) is 0 Å². The predicted octanol–water partition coefficient (Wildman–Crippen LogP) is 3.02. The van der Waals surface area contributed by atoms with Crippen LogP contribution < -0.4 is 15.4 Å². The van der Waals surface area contributed by atoms with Crippen molar-refractivity contribution in [3.8, 4) is 5.75 Å². The minimum absolute atomic E-state index is 0.0199. The van der Waals surface area contributed by atoms with Gasteiger partial charge in [-0.1, -0.05) is 12.1 Å². The zero-order valence-corrected chi connectivity index (χ0v) is 11.7. The minimum atomic E-state index is -2.91. The molecule has 0 aromatic heterocycles. The van der Waals surface area contributed by atoms with Crippen LogP contribution >= 0.6 is 0 Å². The fraction of sp³-hybridized carbons (Fsp3) is 0.533. The summed E-state index contributed by atoms with van der Waals surface area (Å²) < 4.78 is 28.9. The lowest BCUT2D eigenvalue weighted by atomic mass is 9.94. The van der Waals surface area contributed by atoms with Crippen molar-refractivity contribution in [2.45, 2.75) is 32.3 Å². The number of carbonyl (C=O) groups is 1. The minimum Gasteiger partial charge on any atom is -0.433 e. The Morgan fingerprint density at radius 1 is 1.43 bits per heavy atom. The summed E-state index contributed by atoms with van der Waals surface area (Å²) in [6, 6.07) is 6.19. The fourth-order valence-corrected chi connectivity index (χ4v) is 2.41. The number of para-hydroxylation sites is 2. The molecule has 4 nitrogen and oxygen atoms in total. The van der Waals surface area contributed by atoms with Crippen molar-refractivity contribution in [1.29, 1.82) is 0 Å². The van der Waals surface area contributed by atoms with E-state index in [2.05, 4.69) is 15.4 Å². The highest BCUT2D eigenvalue weighted by molar-refractivity contribution is 5.92. The average molecular weight is 297 g/mol. The molecule has 1 saturated heterocycles. The maximum absolute atomic E-state index is 12.3. The molecule has 0 aliphatic carbocycles. The summed E-state index contributed by atoms with van der Waals surface area (Å²) in [5.41, 5.74) is 0.274. The first-order valence-electron chi connectivity index (χ1n) is 7.12. The highest BCUT2D eigenvalue weighted by Crippen LogP contribution is 2.26. The maximum Gasteiger partial charge on any atom is 0.387 e. The molecule has 1 amide bonds. The highest BCUT2D eigenvalue weighted by Gasteiger charge is 2.16. The molecule has 1 fully saturated rings. The average Bonchev–Trinajstić information content (AvgIpc) is 2.48. The molecule has 1 radical (unpaired) electrons.